The van der Waals surface area contributed by atoms with Crippen LogP contribution in [0, 0.1) is 5.82 Å². The van der Waals surface area contributed by atoms with Gasteiger partial charge in [0.15, 0.2) is 0 Å². The lowest BCUT2D eigenvalue weighted by molar-refractivity contribution is 0.591. The number of alkyl halides is 1. The van der Waals surface area contributed by atoms with Crippen LogP contribution in [-0.4, -0.2) is 15.0 Å². The zero-order valence-corrected chi connectivity index (χ0v) is 13.1. The van der Waals surface area contributed by atoms with Gasteiger partial charge in [-0.1, -0.05) is 6.07 Å². The van der Waals surface area contributed by atoms with E-state index in [4.69, 9.17) is 11.6 Å². The van der Waals surface area contributed by atoms with Crippen molar-refractivity contribution < 1.29 is 12.8 Å². The predicted molar refractivity (Wildman–Crippen MR) is 80.5 cm³/mol. The molecule has 2 rings (SSSR count). The number of nitrogens with zero attached hydrogens (tertiary/aromatic N) is 1. The Morgan fingerprint density at radius 2 is 2.10 bits per heavy atom. The molecule has 0 N–H and O–H groups in total. The minimum atomic E-state index is -3.69. The molecule has 0 spiro atoms. The topological polar surface area (TPSA) is 37.4 Å². The van der Waals surface area contributed by atoms with Gasteiger partial charge in [0.25, 0.3) is 10.0 Å². The first-order valence-corrected chi connectivity index (χ1v) is 8.76. The van der Waals surface area contributed by atoms with Gasteiger partial charge in [-0.15, -0.1) is 22.9 Å². The van der Waals surface area contributed by atoms with Crippen molar-refractivity contribution in [2.75, 3.05) is 10.8 Å². The average molecular weight is 334 g/mol. The molecule has 1 aromatic carbocycles. The van der Waals surface area contributed by atoms with Crippen LogP contribution in [0.15, 0.2) is 40.6 Å². The molecular formula is C13H13ClFNO2S2. The Labute approximate surface area is 126 Å². The van der Waals surface area contributed by atoms with E-state index in [9.17, 15) is 12.8 Å². The molecule has 1 aromatic heterocycles. The maximum atomic E-state index is 13.3. The van der Waals surface area contributed by atoms with Crippen LogP contribution >= 0.6 is 22.9 Å². The normalized spacial score (nSPS) is 11.6. The van der Waals surface area contributed by atoms with Gasteiger partial charge < -0.3 is 0 Å². The van der Waals surface area contributed by atoms with Gasteiger partial charge in [-0.2, -0.15) is 0 Å². The number of sulfonamides is 1. The molecule has 0 bridgehead atoms. The lowest BCUT2D eigenvalue weighted by Crippen LogP contribution is -2.30. The Morgan fingerprint density at radius 1 is 1.35 bits per heavy atom. The van der Waals surface area contributed by atoms with Gasteiger partial charge in [-0.05, 0) is 31.2 Å². The van der Waals surface area contributed by atoms with Crippen molar-refractivity contribution in [3.05, 3.63) is 46.4 Å². The van der Waals surface area contributed by atoms with E-state index in [1.54, 1.807) is 24.4 Å². The van der Waals surface area contributed by atoms with E-state index in [-0.39, 0.29) is 17.3 Å². The van der Waals surface area contributed by atoms with Crippen LogP contribution in [0.25, 0.3) is 0 Å². The summed E-state index contributed by atoms with van der Waals surface area (Å²) in [5.74, 6) is -0.199. The molecule has 0 unspecified atom stereocenters. The van der Waals surface area contributed by atoms with E-state index < -0.39 is 15.8 Å². The molecule has 0 aliphatic rings. The number of hydrogen-bond donors (Lipinski definition) is 0. The summed E-state index contributed by atoms with van der Waals surface area (Å²) in [7, 11) is -3.69. The fraction of sp³-hybridized carbons (Fsp3) is 0.231. The second-order valence-electron chi connectivity index (χ2n) is 4.03. The highest BCUT2D eigenvalue weighted by Crippen LogP contribution is 2.27. The number of hydrogen-bond acceptors (Lipinski definition) is 3. The molecule has 2 aromatic rings. The second kappa shape index (κ2) is 6.11. The maximum Gasteiger partial charge on any atom is 0.265 e. The monoisotopic (exact) mass is 333 g/mol. The highest BCUT2D eigenvalue weighted by molar-refractivity contribution is 7.93. The molecule has 20 heavy (non-hydrogen) atoms. The van der Waals surface area contributed by atoms with Crippen molar-refractivity contribution in [3.8, 4) is 0 Å². The number of thiophene rings is 1. The van der Waals surface area contributed by atoms with E-state index in [0.29, 0.717) is 5.69 Å². The fourth-order valence-electron chi connectivity index (χ4n) is 1.82. The summed E-state index contributed by atoms with van der Waals surface area (Å²) in [5.41, 5.74) is 0.311. The van der Waals surface area contributed by atoms with Gasteiger partial charge in [0.2, 0.25) is 0 Å². The first-order chi connectivity index (χ1) is 9.48. The van der Waals surface area contributed by atoms with Crippen molar-refractivity contribution in [2.24, 2.45) is 0 Å². The zero-order chi connectivity index (χ0) is 14.8. The molecule has 7 heteroatoms. The van der Waals surface area contributed by atoms with Gasteiger partial charge in [-0.3, -0.25) is 4.31 Å². The molecule has 108 valence electrons. The second-order valence-corrected chi connectivity index (χ2v) is 7.16. The Bertz CT molecular complexity index is 700. The Morgan fingerprint density at radius 3 is 2.65 bits per heavy atom. The van der Waals surface area contributed by atoms with Crippen LogP contribution in [0.5, 0.6) is 0 Å². The van der Waals surface area contributed by atoms with Crippen molar-refractivity contribution in [1.82, 2.24) is 0 Å². The fourth-order valence-corrected chi connectivity index (χ4v) is 4.66. The highest BCUT2D eigenvalue weighted by atomic mass is 35.5. The van der Waals surface area contributed by atoms with E-state index >= 15 is 0 Å². The molecule has 0 saturated carbocycles. The molecule has 0 aliphatic heterocycles. The van der Waals surface area contributed by atoms with Crippen LogP contribution in [-0.2, 0) is 15.9 Å². The molecule has 3 nitrogen and oxygen atoms in total. The molecule has 0 fully saturated rings. The molecule has 0 aliphatic carbocycles. The summed E-state index contributed by atoms with van der Waals surface area (Å²) in [6.45, 7) is 1.93. The summed E-state index contributed by atoms with van der Waals surface area (Å²) in [6.07, 6.45) is 0. The third-order valence-electron chi connectivity index (χ3n) is 2.73. The lowest BCUT2D eigenvalue weighted by Gasteiger charge is -2.22. The van der Waals surface area contributed by atoms with E-state index in [0.717, 1.165) is 4.88 Å². The zero-order valence-electron chi connectivity index (χ0n) is 10.7. The summed E-state index contributed by atoms with van der Waals surface area (Å²) < 4.78 is 39.6. The summed E-state index contributed by atoms with van der Waals surface area (Å²) in [6, 6.07) is 7.09. The molecule has 1 heterocycles. The van der Waals surface area contributed by atoms with Gasteiger partial charge in [0, 0.05) is 16.8 Å². The summed E-state index contributed by atoms with van der Waals surface area (Å²) in [4.78, 5) is 0.963. The molecule has 0 amide bonds. The molecule has 0 radical (unpaired) electrons. The van der Waals surface area contributed by atoms with E-state index in [2.05, 4.69) is 0 Å². The third kappa shape index (κ3) is 2.97. The number of anilines is 1. The average Bonchev–Trinajstić information content (AvgIpc) is 2.89. The van der Waals surface area contributed by atoms with Crippen LogP contribution in [0.1, 0.15) is 11.8 Å². The number of rotatable bonds is 5. The van der Waals surface area contributed by atoms with Crippen LogP contribution in [0.4, 0.5) is 10.1 Å². The Balaban J connectivity index is 2.44. The quantitative estimate of drug-likeness (QED) is 0.780. The van der Waals surface area contributed by atoms with Crippen molar-refractivity contribution in [1.29, 1.82) is 0 Å². The minimum absolute atomic E-state index is 0.185. The summed E-state index contributed by atoms with van der Waals surface area (Å²) in [5, 5.41) is 1.55. The van der Waals surface area contributed by atoms with Gasteiger partial charge in [0.05, 0.1) is 16.5 Å². The van der Waals surface area contributed by atoms with Crippen LogP contribution < -0.4 is 4.31 Å². The number of halogens is 2. The van der Waals surface area contributed by atoms with Crippen molar-refractivity contribution >= 4 is 38.6 Å². The predicted octanol–water partition coefficient (Wildman–Crippen LogP) is 3.84. The SMILES string of the molecule is CCN(c1cccc(F)c1)S(=O)(=O)c1csc(CCl)c1. The van der Waals surface area contributed by atoms with E-state index in [1.807, 2.05) is 0 Å². The smallest absolute Gasteiger partial charge is 0.265 e. The van der Waals surface area contributed by atoms with Crippen molar-refractivity contribution in [2.45, 2.75) is 17.7 Å². The van der Waals surface area contributed by atoms with Gasteiger partial charge in [-0.25, -0.2) is 12.8 Å². The van der Waals surface area contributed by atoms with Gasteiger partial charge >= 0.3 is 0 Å². The minimum Gasteiger partial charge on any atom is -0.266 e. The first kappa shape index (κ1) is 15.3. The lowest BCUT2D eigenvalue weighted by atomic mass is 10.3. The third-order valence-corrected chi connectivity index (χ3v) is 6.15. The molecule has 0 atom stereocenters. The Kier molecular flexibility index (Phi) is 4.67. The van der Waals surface area contributed by atoms with Crippen LogP contribution in [0.3, 0.4) is 0 Å². The van der Waals surface area contributed by atoms with E-state index in [1.165, 1.54) is 33.8 Å². The highest BCUT2D eigenvalue weighted by Gasteiger charge is 2.25. The first-order valence-electron chi connectivity index (χ1n) is 5.90. The largest absolute Gasteiger partial charge is 0.266 e. The molecular weight excluding hydrogens is 321 g/mol. The van der Waals surface area contributed by atoms with Crippen molar-refractivity contribution in [3.63, 3.8) is 0 Å². The Hall–Kier alpha value is -1.11. The van der Waals surface area contributed by atoms with Crippen LogP contribution in [0.2, 0.25) is 0 Å². The molecule has 0 saturated heterocycles. The summed E-state index contributed by atoms with van der Waals surface area (Å²) >= 11 is 6.98. The maximum absolute atomic E-state index is 13.3. The standard InChI is InChI=1S/C13H13ClFNO2S2/c1-2-16(11-5-3-4-10(15)6-11)20(17,18)13-7-12(8-14)19-9-13/h3-7,9H,2,8H2,1H3. The number of benzene rings is 1. The van der Waals surface area contributed by atoms with Gasteiger partial charge in [0.1, 0.15) is 5.82 Å².